The molecule has 0 saturated carbocycles. The lowest BCUT2D eigenvalue weighted by molar-refractivity contribution is -0.139. The van der Waals surface area contributed by atoms with Crippen molar-refractivity contribution < 1.29 is 21.6 Å². The summed E-state index contributed by atoms with van der Waals surface area (Å²) < 4.78 is 65.4. The fraction of sp³-hybridized carbons (Fsp3) is 0.316. The van der Waals surface area contributed by atoms with E-state index in [0.717, 1.165) is 25.1 Å². The fourth-order valence-electron chi connectivity index (χ4n) is 3.93. The summed E-state index contributed by atoms with van der Waals surface area (Å²) >= 11 is 0. The van der Waals surface area contributed by atoms with Crippen LogP contribution in [0, 0.1) is 0 Å². The maximum atomic E-state index is 13.6. The molecule has 1 aliphatic heterocycles. The van der Waals surface area contributed by atoms with E-state index in [-0.39, 0.29) is 23.0 Å². The maximum Gasteiger partial charge on any atom is 0.417 e. The first-order valence-corrected chi connectivity index (χ1v) is 11.2. The molecule has 0 amide bonds. The van der Waals surface area contributed by atoms with E-state index in [2.05, 4.69) is 25.5 Å². The number of hydrogen-bond donors (Lipinski definition) is 3. The Bertz CT molecular complexity index is 1210. The van der Waals surface area contributed by atoms with Crippen molar-refractivity contribution in [3.8, 4) is 22.5 Å². The number of nitrogens with two attached hydrogens (primary N) is 2. The molecule has 1 unspecified atom stereocenters. The van der Waals surface area contributed by atoms with E-state index >= 15 is 0 Å². The Kier molecular flexibility index (Phi) is 5.65. The van der Waals surface area contributed by atoms with Crippen molar-refractivity contribution in [3.63, 3.8) is 0 Å². The van der Waals surface area contributed by atoms with Crippen LogP contribution >= 0.6 is 0 Å². The molecule has 0 aliphatic carbocycles. The van der Waals surface area contributed by atoms with E-state index < -0.39 is 26.7 Å². The maximum absolute atomic E-state index is 13.6. The summed E-state index contributed by atoms with van der Waals surface area (Å²) in [6.07, 6.45) is -3.05. The Morgan fingerprint density at radius 2 is 1.84 bits per heavy atom. The first-order chi connectivity index (χ1) is 15.1. The summed E-state index contributed by atoms with van der Waals surface area (Å²) in [6.45, 7) is 1.54. The summed E-state index contributed by atoms with van der Waals surface area (Å²) in [4.78, 5) is 1.02. The van der Waals surface area contributed by atoms with E-state index in [9.17, 15) is 21.6 Å². The Morgan fingerprint density at radius 3 is 2.41 bits per heavy atom. The van der Waals surface area contributed by atoms with Crippen molar-refractivity contribution in [1.82, 2.24) is 20.6 Å². The van der Waals surface area contributed by atoms with Crippen LogP contribution in [0.4, 0.5) is 18.9 Å². The molecule has 3 aromatic rings. The molecule has 170 valence electrons. The molecule has 13 heteroatoms. The zero-order chi connectivity index (χ0) is 23.1. The third kappa shape index (κ3) is 4.31. The van der Waals surface area contributed by atoms with Gasteiger partial charge in [0.1, 0.15) is 4.90 Å². The van der Waals surface area contributed by atoms with Crippen LogP contribution in [0.1, 0.15) is 18.4 Å². The van der Waals surface area contributed by atoms with Crippen molar-refractivity contribution in [2.24, 2.45) is 10.9 Å². The van der Waals surface area contributed by atoms with Crippen LogP contribution in [0.2, 0.25) is 0 Å². The summed E-state index contributed by atoms with van der Waals surface area (Å²) in [5.41, 5.74) is 5.81. The zero-order valence-electron chi connectivity index (χ0n) is 16.7. The molecule has 1 fully saturated rings. The standard InChI is InChI=1S/C19H20F3N7O2S/c20-19(21,22)15-8-7-14(16(17(15)32(24,30)31)18-25-27-28-26-18)11-3-5-13(6-4-11)29-9-1-2-12(23)10-29/h3-8,12H,1-2,9-10,23H2,(H2,24,30,31)(H,25,26,27,28). The lowest BCUT2D eigenvalue weighted by atomic mass is 9.96. The monoisotopic (exact) mass is 467 g/mol. The Morgan fingerprint density at radius 1 is 1.12 bits per heavy atom. The van der Waals surface area contributed by atoms with E-state index in [0.29, 0.717) is 18.2 Å². The van der Waals surface area contributed by atoms with Crippen LogP contribution in [0.5, 0.6) is 0 Å². The molecule has 1 saturated heterocycles. The number of anilines is 1. The number of primary sulfonamides is 1. The Labute approximate surface area is 181 Å². The van der Waals surface area contributed by atoms with Gasteiger partial charge in [-0.25, -0.2) is 13.6 Å². The topological polar surface area (TPSA) is 144 Å². The number of alkyl halides is 3. The van der Waals surface area contributed by atoms with Crippen molar-refractivity contribution in [2.75, 3.05) is 18.0 Å². The minimum absolute atomic E-state index is 0.0699. The van der Waals surface area contributed by atoms with Gasteiger partial charge in [-0.1, -0.05) is 18.2 Å². The highest BCUT2D eigenvalue weighted by atomic mass is 32.2. The number of sulfonamides is 1. The Balaban J connectivity index is 1.88. The molecule has 0 spiro atoms. The van der Waals surface area contributed by atoms with Crippen molar-refractivity contribution in [2.45, 2.75) is 30.0 Å². The molecule has 1 aliphatic rings. The van der Waals surface area contributed by atoms with E-state index in [1.54, 1.807) is 12.1 Å². The van der Waals surface area contributed by atoms with Crippen LogP contribution in [-0.2, 0) is 16.2 Å². The fourth-order valence-corrected chi connectivity index (χ4v) is 4.90. The van der Waals surface area contributed by atoms with Gasteiger partial charge in [-0.05, 0) is 47.4 Å². The second-order valence-electron chi connectivity index (χ2n) is 7.54. The largest absolute Gasteiger partial charge is 0.417 e. The molecule has 2 heterocycles. The lowest BCUT2D eigenvalue weighted by Gasteiger charge is -2.32. The highest BCUT2D eigenvalue weighted by Gasteiger charge is 2.39. The third-order valence-corrected chi connectivity index (χ3v) is 6.31. The predicted octanol–water partition coefficient (Wildman–Crippen LogP) is 2.13. The smallest absolute Gasteiger partial charge is 0.370 e. The molecule has 32 heavy (non-hydrogen) atoms. The molecule has 5 N–H and O–H groups in total. The minimum atomic E-state index is -4.96. The number of halogens is 3. The van der Waals surface area contributed by atoms with Crippen LogP contribution in [-0.4, -0.2) is 48.2 Å². The van der Waals surface area contributed by atoms with Gasteiger partial charge in [0, 0.05) is 24.8 Å². The second kappa shape index (κ2) is 8.15. The van der Waals surface area contributed by atoms with Crippen molar-refractivity contribution in [1.29, 1.82) is 0 Å². The molecular weight excluding hydrogens is 447 g/mol. The molecule has 1 atom stereocenters. The molecule has 4 rings (SSSR count). The van der Waals surface area contributed by atoms with Gasteiger partial charge in [0.05, 0.1) is 11.1 Å². The number of aromatic nitrogens is 4. The Hall–Kier alpha value is -3.03. The van der Waals surface area contributed by atoms with Gasteiger partial charge in [0.25, 0.3) is 0 Å². The highest BCUT2D eigenvalue weighted by Crippen LogP contribution is 2.43. The van der Waals surface area contributed by atoms with Crippen molar-refractivity contribution in [3.05, 3.63) is 42.0 Å². The van der Waals surface area contributed by atoms with Crippen LogP contribution < -0.4 is 15.8 Å². The lowest BCUT2D eigenvalue weighted by Crippen LogP contribution is -2.42. The number of tetrazole rings is 1. The second-order valence-corrected chi connectivity index (χ2v) is 9.04. The van der Waals surface area contributed by atoms with Gasteiger partial charge >= 0.3 is 6.18 Å². The van der Waals surface area contributed by atoms with Gasteiger partial charge in [0.15, 0.2) is 0 Å². The van der Waals surface area contributed by atoms with Gasteiger partial charge in [0.2, 0.25) is 15.8 Å². The zero-order valence-corrected chi connectivity index (χ0v) is 17.5. The first kappa shape index (κ1) is 22.2. The summed E-state index contributed by atoms with van der Waals surface area (Å²) in [5, 5.41) is 18.1. The molecule has 1 aromatic heterocycles. The average molecular weight is 467 g/mol. The summed E-state index contributed by atoms with van der Waals surface area (Å²) in [6, 6.07) is 8.93. The third-order valence-electron chi connectivity index (χ3n) is 5.32. The van der Waals surface area contributed by atoms with Crippen LogP contribution in [0.15, 0.2) is 41.3 Å². The number of hydrogen-bond acceptors (Lipinski definition) is 7. The number of aromatic amines is 1. The van der Waals surface area contributed by atoms with Gasteiger partial charge in [-0.2, -0.15) is 18.4 Å². The first-order valence-electron chi connectivity index (χ1n) is 9.67. The number of benzene rings is 2. The number of nitrogens with one attached hydrogen (secondary N) is 1. The minimum Gasteiger partial charge on any atom is -0.370 e. The predicted molar refractivity (Wildman–Crippen MR) is 111 cm³/mol. The van der Waals surface area contributed by atoms with E-state index in [1.165, 1.54) is 6.07 Å². The molecule has 0 bridgehead atoms. The van der Waals surface area contributed by atoms with Crippen LogP contribution in [0.25, 0.3) is 22.5 Å². The molecular formula is C19H20F3N7O2S. The summed E-state index contributed by atoms with van der Waals surface area (Å²) in [7, 11) is -4.80. The SMILES string of the molecule is NC1CCCN(c2ccc(-c3ccc(C(F)(F)F)c(S(N)(=O)=O)c3-c3nn[nH]n3)cc2)C1. The van der Waals surface area contributed by atoms with E-state index in [1.807, 2.05) is 12.1 Å². The van der Waals surface area contributed by atoms with E-state index in [4.69, 9.17) is 10.9 Å². The number of H-pyrrole nitrogens is 1. The number of nitrogens with zero attached hydrogens (tertiary/aromatic N) is 4. The molecule has 9 nitrogen and oxygen atoms in total. The van der Waals surface area contributed by atoms with Crippen LogP contribution in [0.3, 0.4) is 0 Å². The quantitative estimate of drug-likeness (QED) is 0.533. The number of piperidine rings is 1. The highest BCUT2D eigenvalue weighted by molar-refractivity contribution is 7.89. The molecule has 2 aromatic carbocycles. The normalized spacial score (nSPS) is 17.5. The van der Waals surface area contributed by atoms with Crippen molar-refractivity contribution >= 4 is 15.7 Å². The van der Waals surface area contributed by atoms with Gasteiger partial charge < -0.3 is 10.6 Å². The average Bonchev–Trinajstić information content (AvgIpc) is 3.26. The van der Waals surface area contributed by atoms with Gasteiger partial charge in [-0.15, -0.1) is 10.2 Å². The van der Waals surface area contributed by atoms with Gasteiger partial charge in [-0.3, -0.25) is 0 Å². The number of rotatable bonds is 4. The molecule has 0 radical (unpaired) electrons. The summed E-state index contributed by atoms with van der Waals surface area (Å²) in [5.74, 6) is -0.318.